The van der Waals surface area contributed by atoms with E-state index in [1.165, 1.54) is 0 Å². The predicted octanol–water partition coefficient (Wildman–Crippen LogP) is 5.85. The maximum Gasteiger partial charge on any atom is 0.124 e. The van der Waals surface area contributed by atoms with E-state index in [4.69, 9.17) is 0 Å². The van der Waals surface area contributed by atoms with Crippen LogP contribution in [0.2, 0.25) is 0 Å². The van der Waals surface area contributed by atoms with Gasteiger partial charge in [-0.15, -0.1) is 0 Å². The average molecular weight is 408 g/mol. The van der Waals surface area contributed by atoms with Crippen LogP contribution in [0.5, 0.6) is 5.75 Å². The molecule has 3 aromatic rings. The number of hydrogen-bond acceptors (Lipinski definition) is 4. The summed E-state index contributed by atoms with van der Waals surface area (Å²) in [4.78, 5) is 8.87. The molecule has 0 saturated heterocycles. The summed E-state index contributed by atoms with van der Waals surface area (Å²) in [5.41, 5.74) is 2.97. The molecule has 5 heteroatoms. The predicted molar refractivity (Wildman–Crippen MR) is 108 cm³/mol. The van der Waals surface area contributed by atoms with Gasteiger partial charge in [0, 0.05) is 34.6 Å². The minimum atomic E-state index is 0. The van der Waals surface area contributed by atoms with Gasteiger partial charge in [0.2, 0.25) is 0 Å². The molecule has 0 aromatic heterocycles. The largest absolute Gasteiger partial charge is 0.513 e. The van der Waals surface area contributed by atoms with Crippen LogP contribution in [-0.4, -0.2) is 22.1 Å². The van der Waals surface area contributed by atoms with Crippen LogP contribution in [0, 0.1) is 0 Å². The molecule has 0 aliphatic heterocycles. The summed E-state index contributed by atoms with van der Waals surface area (Å²) in [6.45, 7) is 3.44. The molecule has 0 spiro atoms. The molecule has 0 saturated carbocycles. The van der Waals surface area contributed by atoms with Gasteiger partial charge >= 0.3 is 0 Å². The summed E-state index contributed by atoms with van der Waals surface area (Å²) in [5.74, 6) is 0.429. The van der Waals surface area contributed by atoms with Crippen LogP contribution in [0.1, 0.15) is 19.4 Å². The zero-order valence-electron chi connectivity index (χ0n) is 15.0. The molecule has 0 aliphatic carbocycles. The molecule has 4 nitrogen and oxygen atoms in total. The van der Waals surface area contributed by atoms with Gasteiger partial charge in [-0.2, -0.15) is 0 Å². The number of aliphatic imine (C=N–C) groups is 2. The quantitative estimate of drug-likeness (QED) is 0.323. The zero-order chi connectivity index (χ0) is 18.5. The number of aromatic hydroxyl groups is 1. The Labute approximate surface area is 169 Å². The first-order chi connectivity index (χ1) is 12.5. The van der Waals surface area contributed by atoms with Crippen molar-refractivity contribution < 1.29 is 27.3 Å². The SMILES string of the molecule is CC(/C=C(/C)O)=Nc1ccc(N=Cc2c(O)ccc3ccccc23)cc1.[Cu]. The van der Waals surface area contributed by atoms with Crippen molar-refractivity contribution in [3.05, 3.63) is 78.1 Å². The van der Waals surface area contributed by atoms with Gasteiger partial charge in [0.15, 0.2) is 0 Å². The first-order valence-electron chi connectivity index (χ1n) is 8.30. The molecule has 3 rings (SSSR count). The summed E-state index contributed by atoms with van der Waals surface area (Å²) in [6, 6.07) is 18.9. The van der Waals surface area contributed by atoms with Gasteiger partial charge in [-0.25, -0.2) is 0 Å². The van der Waals surface area contributed by atoms with Gasteiger partial charge in [0.25, 0.3) is 0 Å². The third-order valence-electron chi connectivity index (χ3n) is 3.86. The average Bonchev–Trinajstić information content (AvgIpc) is 2.61. The van der Waals surface area contributed by atoms with Crippen molar-refractivity contribution in [2.45, 2.75) is 13.8 Å². The number of hydrogen-bond donors (Lipinski definition) is 2. The van der Waals surface area contributed by atoms with E-state index in [9.17, 15) is 10.2 Å². The number of nitrogens with zero attached hydrogens (tertiary/aromatic N) is 2. The molecule has 2 N–H and O–H groups in total. The van der Waals surface area contributed by atoms with Gasteiger partial charge in [-0.1, -0.05) is 30.3 Å². The fourth-order valence-corrected chi connectivity index (χ4v) is 2.71. The van der Waals surface area contributed by atoms with Gasteiger partial charge in [0.05, 0.1) is 17.1 Å². The second kappa shape index (κ2) is 9.17. The maximum atomic E-state index is 10.2. The van der Waals surface area contributed by atoms with E-state index in [0.717, 1.165) is 27.9 Å². The van der Waals surface area contributed by atoms with Crippen LogP contribution in [0.15, 0.2) is 82.5 Å². The van der Waals surface area contributed by atoms with E-state index in [1.807, 2.05) is 61.5 Å². The van der Waals surface area contributed by atoms with Crippen LogP contribution in [0.4, 0.5) is 11.4 Å². The monoisotopic (exact) mass is 407 g/mol. The van der Waals surface area contributed by atoms with Gasteiger partial charge in [-0.05, 0) is 61.0 Å². The normalized spacial score (nSPS) is 12.4. The zero-order valence-corrected chi connectivity index (χ0v) is 16.0. The number of fused-ring (bicyclic) bond motifs is 1. The maximum absolute atomic E-state index is 10.2. The number of allylic oxidation sites excluding steroid dienone is 2. The van der Waals surface area contributed by atoms with E-state index < -0.39 is 0 Å². The number of aliphatic hydroxyl groups excluding tert-OH is 1. The summed E-state index contributed by atoms with van der Waals surface area (Å²) < 4.78 is 0. The minimum Gasteiger partial charge on any atom is -0.513 e. The Morgan fingerprint density at radius 1 is 0.889 bits per heavy atom. The Morgan fingerprint density at radius 2 is 1.56 bits per heavy atom. The Bertz CT molecular complexity index is 1020. The molecule has 0 bridgehead atoms. The van der Waals surface area contributed by atoms with Crippen molar-refractivity contribution >= 4 is 34.1 Å². The molecule has 0 unspecified atom stereocenters. The van der Waals surface area contributed by atoms with Crippen molar-refractivity contribution in [2.24, 2.45) is 9.98 Å². The first-order valence-corrected chi connectivity index (χ1v) is 8.30. The van der Waals surface area contributed by atoms with Crippen molar-refractivity contribution in [3.8, 4) is 5.75 Å². The molecule has 0 aliphatic rings. The third-order valence-corrected chi connectivity index (χ3v) is 3.86. The second-order valence-corrected chi connectivity index (χ2v) is 6.03. The van der Waals surface area contributed by atoms with Gasteiger partial charge < -0.3 is 10.2 Å². The van der Waals surface area contributed by atoms with Gasteiger partial charge in [-0.3, -0.25) is 9.98 Å². The van der Waals surface area contributed by atoms with Crippen molar-refractivity contribution in [2.75, 3.05) is 0 Å². The number of benzene rings is 3. The van der Waals surface area contributed by atoms with E-state index in [1.54, 1.807) is 25.3 Å². The van der Waals surface area contributed by atoms with E-state index >= 15 is 0 Å². The topological polar surface area (TPSA) is 65.2 Å². The molecule has 0 fully saturated rings. The van der Waals surface area contributed by atoms with Crippen LogP contribution >= 0.6 is 0 Å². The number of rotatable bonds is 4. The fourth-order valence-electron chi connectivity index (χ4n) is 2.71. The van der Waals surface area contributed by atoms with Crippen molar-refractivity contribution in [1.82, 2.24) is 0 Å². The number of phenolic OH excluding ortho intramolecular Hbond substituents is 1. The Balaban J connectivity index is 0.00000261. The molecule has 141 valence electrons. The smallest absolute Gasteiger partial charge is 0.124 e. The number of phenols is 1. The molecule has 0 atom stereocenters. The standard InChI is InChI=1S/C22H20N2O2.Cu/c1-15(13-16(2)25)24-19-10-8-18(9-11-19)23-14-21-20-6-4-3-5-17(20)7-12-22(21)26;/h3-14,25-26H,1-2H3;/b16-13-,23-14?,24-15?;. The molecule has 0 amide bonds. The summed E-state index contributed by atoms with van der Waals surface area (Å²) in [6.07, 6.45) is 3.29. The van der Waals surface area contributed by atoms with E-state index in [2.05, 4.69) is 9.98 Å². The summed E-state index contributed by atoms with van der Waals surface area (Å²) in [5, 5.41) is 21.4. The minimum absolute atomic E-state index is 0. The summed E-state index contributed by atoms with van der Waals surface area (Å²) >= 11 is 0. The first kappa shape index (κ1) is 20.4. The molecular formula is C22H20CuN2O2. The van der Waals surface area contributed by atoms with Crippen molar-refractivity contribution in [3.63, 3.8) is 0 Å². The second-order valence-electron chi connectivity index (χ2n) is 6.03. The molecule has 0 heterocycles. The Hall–Kier alpha value is -2.88. The third kappa shape index (κ3) is 5.30. The fraction of sp³-hybridized carbons (Fsp3) is 0.0909. The molecular weight excluding hydrogens is 388 g/mol. The molecule has 3 aromatic carbocycles. The molecule has 27 heavy (non-hydrogen) atoms. The Morgan fingerprint density at radius 3 is 2.26 bits per heavy atom. The number of aliphatic hydroxyl groups is 1. The van der Waals surface area contributed by atoms with Crippen LogP contribution in [0.3, 0.4) is 0 Å². The van der Waals surface area contributed by atoms with Crippen molar-refractivity contribution in [1.29, 1.82) is 0 Å². The van der Waals surface area contributed by atoms with Crippen LogP contribution in [-0.2, 0) is 17.1 Å². The van der Waals surface area contributed by atoms with Gasteiger partial charge in [0.1, 0.15) is 5.75 Å². The summed E-state index contributed by atoms with van der Waals surface area (Å²) in [7, 11) is 0. The Kier molecular flexibility index (Phi) is 6.94. The van der Waals surface area contributed by atoms with E-state index in [0.29, 0.717) is 5.56 Å². The van der Waals surface area contributed by atoms with E-state index in [-0.39, 0.29) is 28.6 Å². The van der Waals surface area contributed by atoms with Crippen LogP contribution < -0.4 is 0 Å². The van der Waals surface area contributed by atoms with Crippen LogP contribution in [0.25, 0.3) is 10.8 Å². The molecule has 1 radical (unpaired) electrons.